The average Bonchev–Trinajstić information content (AvgIpc) is 2.49. The topological polar surface area (TPSA) is 61.3 Å². The number of nitrogen functional groups attached to an aromatic ring is 1. The van der Waals surface area contributed by atoms with Gasteiger partial charge in [0.1, 0.15) is 11.5 Å². The molecule has 1 radical (unpaired) electrons. The van der Waals surface area contributed by atoms with Crippen molar-refractivity contribution >= 4 is 5.69 Å². The monoisotopic (exact) mass is 283 g/mol. The molecule has 0 bridgehead atoms. The number of nitrogens with two attached hydrogens (primary N) is 2. The van der Waals surface area contributed by atoms with E-state index in [1.54, 1.807) is 0 Å². The fourth-order valence-electron chi connectivity index (χ4n) is 2.16. The summed E-state index contributed by atoms with van der Waals surface area (Å²) in [6.45, 7) is 4.62. The molecule has 4 N–H and O–H groups in total. The summed E-state index contributed by atoms with van der Waals surface area (Å²) in [5, 5.41) is 0. The van der Waals surface area contributed by atoms with Crippen LogP contribution in [0.4, 0.5) is 5.69 Å². The van der Waals surface area contributed by atoms with Crippen molar-refractivity contribution in [2.24, 2.45) is 5.73 Å². The number of ether oxygens (including phenoxy) is 1. The maximum absolute atomic E-state index is 6.05. The molecule has 0 amide bonds. The molecule has 2 aromatic rings. The highest BCUT2D eigenvalue weighted by Gasteiger charge is 2.07. The van der Waals surface area contributed by atoms with E-state index in [1.807, 2.05) is 37.3 Å². The van der Waals surface area contributed by atoms with Gasteiger partial charge in [0, 0.05) is 12.2 Å². The van der Waals surface area contributed by atoms with Crippen molar-refractivity contribution in [3.05, 3.63) is 53.1 Å². The van der Waals surface area contributed by atoms with Crippen LogP contribution in [-0.2, 0) is 13.0 Å². The molecule has 0 heterocycles. The molecule has 0 spiro atoms. The second-order valence-electron chi connectivity index (χ2n) is 5.28. The SMILES string of the molecule is CCCCc1c[c]c(CN)cc1Oc1ccc(N)c(C)c1. The quantitative estimate of drug-likeness (QED) is 0.788. The van der Waals surface area contributed by atoms with Crippen LogP contribution in [0.25, 0.3) is 0 Å². The number of hydrogen-bond acceptors (Lipinski definition) is 3. The minimum absolute atomic E-state index is 0.463. The van der Waals surface area contributed by atoms with Crippen molar-refractivity contribution in [2.75, 3.05) is 5.73 Å². The first-order valence-corrected chi connectivity index (χ1v) is 7.41. The summed E-state index contributed by atoms with van der Waals surface area (Å²) < 4.78 is 6.05. The Morgan fingerprint density at radius 1 is 1.24 bits per heavy atom. The van der Waals surface area contributed by atoms with Gasteiger partial charge in [-0.15, -0.1) is 0 Å². The molecule has 0 atom stereocenters. The fraction of sp³-hybridized carbons (Fsp3) is 0.333. The molecule has 2 rings (SSSR count). The lowest BCUT2D eigenvalue weighted by molar-refractivity contribution is 0.474. The van der Waals surface area contributed by atoms with Crippen LogP contribution in [0, 0.1) is 13.0 Å². The first-order chi connectivity index (χ1) is 10.1. The number of hydrogen-bond donors (Lipinski definition) is 2. The van der Waals surface area contributed by atoms with Crippen LogP contribution >= 0.6 is 0 Å². The molecule has 2 aromatic carbocycles. The third-order valence-corrected chi connectivity index (χ3v) is 3.54. The Morgan fingerprint density at radius 2 is 2.05 bits per heavy atom. The smallest absolute Gasteiger partial charge is 0.130 e. The van der Waals surface area contributed by atoms with Gasteiger partial charge in [-0.05, 0) is 72.9 Å². The van der Waals surface area contributed by atoms with Crippen molar-refractivity contribution in [3.63, 3.8) is 0 Å². The lowest BCUT2D eigenvalue weighted by Gasteiger charge is -2.13. The highest BCUT2D eigenvalue weighted by molar-refractivity contribution is 5.51. The summed E-state index contributed by atoms with van der Waals surface area (Å²) in [7, 11) is 0. The second kappa shape index (κ2) is 7.14. The lowest BCUT2D eigenvalue weighted by atomic mass is 10.0. The first kappa shape index (κ1) is 15.4. The third-order valence-electron chi connectivity index (χ3n) is 3.54. The van der Waals surface area contributed by atoms with E-state index in [0.29, 0.717) is 6.54 Å². The number of benzene rings is 2. The Labute approximate surface area is 126 Å². The second-order valence-corrected chi connectivity index (χ2v) is 5.28. The van der Waals surface area contributed by atoms with Crippen LogP contribution in [0.1, 0.15) is 36.5 Å². The van der Waals surface area contributed by atoms with Crippen LogP contribution in [0.2, 0.25) is 0 Å². The molecule has 21 heavy (non-hydrogen) atoms. The van der Waals surface area contributed by atoms with Crippen LogP contribution in [0.3, 0.4) is 0 Å². The zero-order valence-electron chi connectivity index (χ0n) is 12.8. The predicted molar refractivity (Wildman–Crippen MR) is 87.4 cm³/mol. The Balaban J connectivity index is 2.28. The van der Waals surface area contributed by atoms with E-state index in [1.165, 1.54) is 5.56 Å². The van der Waals surface area contributed by atoms with E-state index in [4.69, 9.17) is 16.2 Å². The van der Waals surface area contributed by atoms with Crippen molar-refractivity contribution in [3.8, 4) is 11.5 Å². The minimum Gasteiger partial charge on any atom is -0.457 e. The lowest BCUT2D eigenvalue weighted by Crippen LogP contribution is -2.00. The number of anilines is 1. The number of aryl methyl sites for hydroxylation is 2. The Kier molecular flexibility index (Phi) is 5.23. The molecule has 0 fully saturated rings. The van der Waals surface area contributed by atoms with E-state index in [9.17, 15) is 0 Å². The average molecular weight is 283 g/mol. The van der Waals surface area contributed by atoms with Gasteiger partial charge in [-0.25, -0.2) is 0 Å². The fourth-order valence-corrected chi connectivity index (χ4v) is 2.16. The summed E-state index contributed by atoms with van der Waals surface area (Å²) in [4.78, 5) is 0. The van der Waals surface area contributed by atoms with Crippen molar-refractivity contribution in [1.82, 2.24) is 0 Å². The number of unbranched alkanes of at least 4 members (excludes halogenated alkanes) is 1. The molecule has 3 nitrogen and oxygen atoms in total. The summed E-state index contributed by atoms with van der Waals surface area (Å²) in [5.74, 6) is 1.67. The van der Waals surface area contributed by atoms with E-state index in [2.05, 4.69) is 13.0 Å². The third kappa shape index (κ3) is 3.99. The summed E-state index contributed by atoms with van der Waals surface area (Å²) in [6, 6.07) is 12.9. The summed E-state index contributed by atoms with van der Waals surface area (Å²) in [6.07, 6.45) is 3.27. The van der Waals surface area contributed by atoms with Gasteiger partial charge in [0.2, 0.25) is 0 Å². The van der Waals surface area contributed by atoms with Crippen LogP contribution in [0.15, 0.2) is 30.3 Å². The molecule has 0 aromatic heterocycles. The van der Waals surface area contributed by atoms with Crippen LogP contribution < -0.4 is 16.2 Å². The molecule has 0 aliphatic carbocycles. The molecule has 0 saturated carbocycles. The Bertz CT molecular complexity index is 608. The van der Waals surface area contributed by atoms with Crippen molar-refractivity contribution in [2.45, 2.75) is 39.7 Å². The van der Waals surface area contributed by atoms with E-state index in [0.717, 1.165) is 47.6 Å². The van der Waals surface area contributed by atoms with Gasteiger partial charge in [-0.2, -0.15) is 0 Å². The van der Waals surface area contributed by atoms with Gasteiger partial charge in [-0.1, -0.05) is 13.3 Å². The molecule has 0 aliphatic heterocycles. The van der Waals surface area contributed by atoms with Gasteiger partial charge in [0.05, 0.1) is 0 Å². The van der Waals surface area contributed by atoms with Gasteiger partial charge >= 0.3 is 0 Å². The van der Waals surface area contributed by atoms with Gasteiger partial charge in [0.25, 0.3) is 0 Å². The molecular weight excluding hydrogens is 260 g/mol. The van der Waals surface area contributed by atoms with Gasteiger partial charge < -0.3 is 16.2 Å². The molecule has 0 unspecified atom stereocenters. The zero-order valence-corrected chi connectivity index (χ0v) is 12.8. The van der Waals surface area contributed by atoms with E-state index < -0.39 is 0 Å². The Morgan fingerprint density at radius 3 is 2.71 bits per heavy atom. The molecule has 111 valence electrons. The largest absolute Gasteiger partial charge is 0.457 e. The van der Waals surface area contributed by atoms with Crippen molar-refractivity contribution in [1.29, 1.82) is 0 Å². The highest BCUT2D eigenvalue weighted by Crippen LogP contribution is 2.29. The van der Waals surface area contributed by atoms with E-state index >= 15 is 0 Å². The normalized spacial score (nSPS) is 10.6. The molecule has 3 heteroatoms. The molecule has 0 saturated heterocycles. The highest BCUT2D eigenvalue weighted by atomic mass is 16.5. The Hall–Kier alpha value is -2.00. The predicted octanol–water partition coefficient (Wildman–Crippen LogP) is 3.97. The standard InChI is InChI=1S/C18H23N2O/c1-3-4-5-15-7-6-14(12-19)11-18(15)21-16-8-9-17(20)13(2)10-16/h7-11H,3-5,12,19-20H2,1-2H3. The molecular formula is C18H23N2O. The van der Waals surface area contributed by atoms with Gasteiger partial charge in [-0.3, -0.25) is 0 Å². The van der Waals surface area contributed by atoms with Crippen molar-refractivity contribution < 1.29 is 4.74 Å². The minimum atomic E-state index is 0.463. The molecule has 0 aliphatic rings. The zero-order chi connectivity index (χ0) is 15.2. The maximum Gasteiger partial charge on any atom is 0.130 e. The van der Waals surface area contributed by atoms with Crippen LogP contribution in [-0.4, -0.2) is 0 Å². The van der Waals surface area contributed by atoms with Gasteiger partial charge in [0.15, 0.2) is 0 Å². The number of rotatable bonds is 6. The van der Waals surface area contributed by atoms with E-state index in [-0.39, 0.29) is 0 Å². The summed E-state index contributed by atoms with van der Waals surface area (Å²) >= 11 is 0. The maximum atomic E-state index is 6.05. The van der Waals surface area contributed by atoms with Crippen LogP contribution in [0.5, 0.6) is 11.5 Å². The first-order valence-electron chi connectivity index (χ1n) is 7.41. The summed E-state index contributed by atoms with van der Waals surface area (Å²) in [5.41, 5.74) is 15.5.